The van der Waals surface area contributed by atoms with Gasteiger partial charge in [0, 0.05) is 19.0 Å². The summed E-state index contributed by atoms with van der Waals surface area (Å²) in [6.07, 6.45) is 0.558. The van der Waals surface area contributed by atoms with Crippen LogP contribution in [-0.2, 0) is 4.79 Å². The van der Waals surface area contributed by atoms with E-state index in [1.165, 1.54) is 0 Å². The first-order valence-electron chi connectivity index (χ1n) is 5.38. The standard InChI is InChI=1S/C12H16N2O/c1-3-14-11-7-5-4-6-10(11)13-9(2)8-12(14)15/h4-7,9,13H,3,8H2,1-2H3. The summed E-state index contributed by atoms with van der Waals surface area (Å²) in [5.41, 5.74) is 2.05. The van der Waals surface area contributed by atoms with Gasteiger partial charge in [-0.15, -0.1) is 0 Å². The van der Waals surface area contributed by atoms with Crippen molar-refractivity contribution in [1.29, 1.82) is 0 Å². The Bertz CT molecular complexity index is 376. The van der Waals surface area contributed by atoms with Gasteiger partial charge in [-0.3, -0.25) is 4.79 Å². The van der Waals surface area contributed by atoms with E-state index in [9.17, 15) is 4.79 Å². The first-order chi connectivity index (χ1) is 7.22. The number of para-hydroxylation sites is 2. The fourth-order valence-electron chi connectivity index (χ4n) is 2.00. The average Bonchev–Trinajstić information content (AvgIpc) is 2.32. The van der Waals surface area contributed by atoms with E-state index < -0.39 is 0 Å². The van der Waals surface area contributed by atoms with Crippen LogP contribution in [0.2, 0.25) is 0 Å². The van der Waals surface area contributed by atoms with Crippen LogP contribution in [0.1, 0.15) is 20.3 Å². The molecule has 80 valence electrons. The number of hydrogen-bond donors (Lipinski definition) is 1. The zero-order chi connectivity index (χ0) is 10.8. The van der Waals surface area contributed by atoms with Gasteiger partial charge in [0.1, 0.15) is 0 Å². The van der Waals surface area contributed by atoms with E-state index in [1.54, 1.807) is 0 Å². The van der Waals surface area contributed by atoms with Gasteiger partial charge >= 0.3 is 0 Å². The summed E-state index contributed by atoms with van der Waals surface area (Å²) in [7, 11) is 0. The van der Waals surface area contributed by atoms with Gasteiger partial charge in [0.05, 0.1) is 11.4 Å². The minimum absolute atomic E-state index is 0.197. The number of benzene rings is 1. The zero-order valence-electron chi connectivity index (χ0n) is 9.16. The molecule has 15 heavy (non-hydrogen) atoms. The Morgan fingerprint density at radius 1 is 1.47 bits per heavy atom. The maximum absolute atomic E-state index is 11.9. The second-order valence-corrected chi connectivity index (χ2v) is 3.90. The highest BCUT2D eigenvalue weighted by atomic mass is 16.2. The molecule has 1 atom stereocenters. The van der Waals surface area contributed by atoms with Gasteiger partial charge in [-0.1, -0.05) is 12.1 Å². The molecule has 1 N–H and O–H groups in total. The minimum Gasteiger partial charge on any atom is -0.380 e. The molecule has 0 spiro atoms. The second-order valence-electron chi connectivity index (χ2n) is 3.90. The monoisotopic (exact) mass is 204 g/mol. The van der Waals surface area contributed by atoms with E-state index in [4.69, 9.17) is 0 Å². The zero-order valence-corrected chi connectivity index (χ0v) is 9.16. The lowest BCUT2D eigenvalue weighted by molar-refractivity contribution is -0.118. The molecule has 1 aromatic carbocycles. The maximum Gasteiger partial charge on any atom is 0.229 e. The number of carbonyl (C=O) groups excluding carboxylic acids is 1. The third-order valence-corrected chi connectivity index (χ3v) is 2.69. The van der Waals surface area contributed by atoms with E-state index in [0.717, 1.165) is 17.9 Å². The first kappa shape index (κ1) is 10.0. The van der Waals surface area contributed by atoms with Crippen LogP contribution < -0.4 is 10.2 Å². The lowest BCUT2D eigenvalue weighted by Gasteiger charge is -2.20. The maximum atomic E-state index is 11.9. The van der Waals surface area contributed by atoms with Crippen molar-refractivity contribution in [3.63, 3.8) is 0 Å². The minimum atomic E-state index is 0.197. The van der Waals surface area contributed by atoms with Gasteiger partial charge in [0.25, 0.3) is 0 Å². The van der Waals surface area contributed by atoms with Gasteiger partial charge < -0.3 is 10.2 Å². The summed E-state index contributed by atoms with van der Waals surface area (Å²) in [5.74, 6) is 0.197. The Labute approximate surface area is 90.1 Å². The van der Waals surface area contributed by atoms with Crippen molar-refractivity contribution in [2.45, 2.75) is 26.3 Å². The summed E-state index contributed by atoms with van der Waals surface area (Å²) >= 11 is 0. The molecule has 1 unspecified atom stereocenters. The molecule has 0 saturated carbocycles. The van der Waals surface area contributed by atoms with E-state index in [-0.39, 0.29) is 11.9 Å². The van der Waals surface area contributed by atoms with Crippen molar-refractivity contribution in [1.82, 2.24) is 0 Å². The Balaban J connectivity index is 2.46. The molecule has 0 aliphatic carbocycles. The average molecular weight is 204 g/mol. The number of amides is 1. The highest BCUT2D eigenvalue weighted by Crippen LogP contribution is 2.29. The molecule has 0 fully saturated rings. The molecular formula is C12H16N2O. The van der Waals surface area contributed by atoms with Gasteiger partial charge in [-0.05, 0) is 26.0 Å². The van der Waals surface area contributed by atoms with Crippen molar-refractivity contribution in [2.75, 3.05) is 16.8 Å². The van der Waals surface area contributed by atoms with Crippen molar-refractivity contribution in [2.24, 2.45) is 0 Å². The smallest absolute Gasteiger partial charge is 0.229 e. The van der Waals surface area contributed by atoms with Crippen molar-refractivity contribution in [3.05, 3.63) is 24.3 Å². The highest BCUT2D eigenvalue weighted by molar-refractivity contribution is 5.98. The molecule has 0 radical (unpaired) electrons. The summed E-state index contributed by atoms with van der Waals surface area (Å²) in [6, 6.07) is 8.17. The fourth-order valence-corrected chi connectivity index (χ4v) is 2.00. The summed E-state index contributed by atoms with van der Waals surface area (Å²) in [5, 5.41) is 3.35. The van der Waals surface area contributed by atoms with Gasteiger partial charge in [-0.25, -0.2) is 0 Å². The molecule has 1 heterocycles. The number of rotatable bonds is 1. The van der Waals surface area contributed by atoms with Crippen molar-refractivity contribution in [3.8, 4) is 0 Å². The number of carbonyl (C=O) groups is 1. The number of hydrogen-bond acceptors (Lipinski definition) is 2. The largest absolute Gasteiger partial charge is 0.380 e. The van der Waals surface area contributed by atoms with Gasteiger partial charge in [-0.2, -0.15) is 0 Å². The quantitative estimate of drug-likeness (QED) is 0.761. The molecule has 0 bridgehead atoms. The third-order valence-electron chi connectivity index (χ3n) is 2.69. The fraction of sp³-hybridized carbons (Fsp3) is 0.417. The lowest BCUT2D eigenvalue weighted by atomic mass is 10.2. The van der Waals surface area contributed by atoms with Crippen molar-refractivity contribution < 1.29 is 4.79 Å². The third kappa shape index (κ3) is 1.82. The molecule has 2 rings (SSSR count). The summed E-state index contributed by atoms with van der Waals surface area (Å²) < 4.78 is 0. The van der Waals surface area contributed by atoms with Crippen LogP contribution in [-0.4, -0.2) is 18.5 Å². The van der Waals surface area contributed by atoms with Gasteiger partial charge in [0.2, 0.25) is 5.91 Å². The number of fused-ring (bicyclic) bond motifs is 1. The Hall–Kier alpha value is -1.51. The predicted octanol–water partition coefficient (Wildman–Crippen LogP) is 2.24. The molecule has 1 amide bonds. The summed E-state index contributed by atoms with van der Waals surface area (Å²) in [6.45, 7) is 4.77. The van der Waals surface area contributed by atoms with Crippen LogP contribution >= 0.6 is 0 Å². The summed E-state index contributed by atoms with van der Waals surface area (Å²) in [4.78, 5) is 13.7. The van der Waals surface area contributed by atoms with Gasteiger partial charge in [0.15, 0.2) is 0 Å². The van der Waals surface area contributed by atoms with E-state index in [0.29, 0.717) is 6.42 Å². The van der Waals surface area contributed by atoms with Crippen LogP contribution in [0.3, 0.4) is 0 Å². The SMILES string of the molecule is CCN1C(=O)CC(C)Nc2ccccc21. The molecule has 3 heteroatoms. The van der Waals surface area contributed by atoms with Crippen LogP contribution in [0, 0.1) is 0 Å². The van der Waals surface area contributed by atoms with Crippen LogP contribution in [0.4, 0.5) is 11.4 Å². The molecular weight excluding hydrogens is 188 g/mol. The van der Waals surface area contributed by atoms with Crippen LogP contribution in [0.5, 0.6) is 0 Å². The molecule has 3 nitrogen and oxygen atoms in total. The Kier molecular flexibility index (Phi) is 2.62. The van der Waals surface area contributed by atoms with Crippen LogP contribution in [0.25, 0.3) is 0 Å². The second kappa shape index (κ2) is 3.93. The van der Waals surface area contributed by atoms with E-state index in [1.807, 2.05) is 43.0 Å². The van der Waals surface area contributed by atoms with E-state index >= 15 is 0 Å². The van der Waals surface area contributed by atoms with E-state index in [2.05, 4.69) is 5.32 Å². The number of nitrogens with zero attached hydrogens (tertiary/aromatic N) is 1. The molecule has 0 saturated heterocycles. The first-order valence-corrected chi connectivity index (χ1v) is 5.38. The molecule has 0 aromatic heterocycles. The highest BCUT2D eigenvalue weighted by Gasteiger charge is 2.23. The number of anilines is 2. The normalized spacial score (nSPS) is 20.5. The number of nitrogens with one attached hydrogen (secondary N) is 1. The van der Waals surface area contributed by atoms with Crippen LogP contribution in [0.15, 0.2) is 24.3 Å². The molecule has 1 aliphatic heterocycles. The predicted molar refractivity (Wildman–Crippen MR) is 62.2 cm³/mol. The van der Waals surface area contributed by atoms with Crippen molar-refractivity contribution >= 4 is 17.3 Å². The molecule has 1 aromatic rings. The lowest BCUT2D eigenvalue weighted by Crippen LogP contribution is -2.31. The Morgan fingerprint density at radius 3 is 2.93 bits per heavy atom. The molecule has 1 aliphatic rings. The topological polar surface area (TPSA) is 32.3 Å². The Morgan fingerprint density at radius 2 is 2.20 bits per heavy atom.